The van der Waals surface area contributed by atoms with Crippen molar-refractivity contribution in [3.05, 3.63) is 29.1 Å². The Hall–Kier alpha value is -1.65. The van der Waals surface area contributed by atoms with Crippen molar-refractivity contribution in [3.63, 3.8) is 0 Å². The molecule has 0 aromatic carbocycles. The zero-order valence-electron chi connectivity index (χ0n) is 8.43. The van der Waals surface area contributed by atoms with Gasteiger partial charge in [-0.15, -0.1) is 5.10 Å². The zero-order valence-corrected chi connectivity index (χ0v) is 8.43. The Morgan fingerprint density at radius 3 is 2.64 bits per heavy atom. The van der Waals surface area contributed by atoms with Gasteiger partial charge < -0.3 is 0 Å². The van der Waals surface area contributed by atoms with Crippen LogP contribution in [0, 0.1) is 0 Å². The fourth-order valence-corrected chi connectivity index (χ4v) is 1.33. The summed E-state index contributed by atoms with van der Waals surface area (Å²) >= 11 is 0. The minimum absolute atomic E-state index is 0.0811. The van der Waals surface area contributed by atoms with Crippen molar-refractivity contribution < 1.29 is 0 Å². The van der Waals surface area contributed by atoms with Crippen LogP contribution in [0.5, 0.6) is 0 Å². The van der Waals surface area contributed by atoms with Gasteiger partial charge in [0.05, 0.1) is 12.4 Å². The molecule has 2 heterocycles. The molecule has 0 bridgehead atoms. The second-order valence-corrected chi connectivity index (χ2v) is 4.19. The molecule has 0 spiro atoms. The Kier molecular flexibility index (Phi) is 1.70. The molecule has 0 aliphatic carbocycles. The number of rotatable bonds is 0. The summed E-state index contributed by atoms with van der Waals surface area (Å²) in [5.74, 6) is 0. The van der Waals surface area contributed by atoms with Gasteiger partial charge >= 0.3 is 5.69 Å². The SMILES string of the molecule is CC(C)(C)n1cc2nnccn2c1=O. The first-order valence-corrected chi connectivity index (χ1v) is 4.42. The number of aromatic nitrogens is 4. The van der Waals surface area contributed by atoms with E-state index in [2.05, 4.69) is 10.2 Å². The maximum Gasteiger partial charge on any atom is 0.334 e. The van der Waals surface area contributed by atoms with Crippen LogP contribution in [0.1, 0.15) is 20.8 Å². The summed E-state index contributed by atoms with van der Waals surface area (Å²) in [7, 11) is 0. The van der Waals surface area contributed by atoms with Gasteiger partial charge in [0.2, 0.25) is 0 Å². The number of nitrogens with zero attached hydrogens (tertiary/aromatic N) is 4. The molecule has 0 atom stereocenters. The van der Waals surface area contributed by atoms with Crippen molar-refractivity contribution in [2.75, 3.05) is 0 Å². The van der Waals surface area contributed by atoms with Crippen LogP contribution in [-0.2, 0) is 5.54 Å². The number of hydrogen-bond donors (Lipinski definition) is 0. The summed E-state index contributed by atoms with van der Waals surface area (Å²) in [4.78, 5) is 11.8. The number of imidazole rings is 1. The van der Waals surface area contributed by atoms with E-state index in [9.17, 15) is 4.79 Å². The third-order valence-electron chi connectivity index (χ3n) is 2.07. The molecule has 5 nitrogen and oxygen atoms in total. The van der Waals surface area contributed by atoms with Crippen molar-refractivity contribution in [1.29, 1.82) is 0 Å². The Morgan fingerprint density at radius 2 is 2.07 bits per heavy atom. The molecule has 2 aromatic heterocycles. The Labute approximate surface area is 81.0 Å². The molecule has 0 radical (unpaired) electrons. The van der Waals surface area contributed by atoms with Gasteiger partial charge in [-0.3, -0.25) is 4.57 Å². The summed E-state index contributed by atoms with van der Waals surface area (Å²) < 4.78 is 3.13. The summed E-state index contributed by atoms with van der Waals surface area (Å²) in [6.07, 6.45) is 4.84. The highest BCUT2D eigenvalue weighted by Crippen LogP contribution is 2.11. The van der Waals surface area contributed by atoms with E-state index < -0.39 is 0 Å². The first kappa shape index (κ1) is 8.93. The standard InChI is InChI=1S/C9H12N4O/c1-9(2,3)13-6-7-11-10-4-5-12(7)8(13)14/h4-6H,1-3H3. The van der Waals surface area contributed by atoms with Gasteiger partial charge in [0.15, 0.2) is 5.65 Å². The number of fused-ring (bicyclic) bond motifs is 1. The fraction of sp³-hybridized carbons (Fsp3) is 0.444. The lowest BCUT2D eigenvalue weighted by molar-refractivity contribution is 0.384. The zero-order chi connectivity index (χ0) is 10.3. The molecule has 0 aliphatic heterocycles. The summed E-state index contributed by atoms with van der Waals surface area (Å²) in [6.45, 7) is 5.92. The van der Waals surface area contributed by atoms with Crippen LogP contribution >= 0.6 is 0 Å². The maximum atomic E-state index is 11.8. The molecule has 0 amide bonds. The minimum Gasteiger partial charge on any atom is -0.291 e. The van der Waals surface area contributed by atoms with Crippen LogP contribution in [0.4, 0.5) is 0 Å². The monoisotopic (exact) mass is 192 g/mol. The molecule has 0 unspecified atom stereocenters. The van der Waals surface area contributed by atoms with E-state index in [4.69, 9.17) is 0 Å². The van der Waals surface area contributed by atoms with Gasteiger partial charge in [-0.25, -0.2) is 9.20 Å². The molecule has 0 N–H and O–H groups in total. The molecule has 14 heavy (non-hydrogen) atoms. The molecule has 2 rings (SSSR count). The Morgan fingerprint density at radius 1 is 1.36 bits per heavy atom. The smallest absolute Gasteiger partial charge is 0.291 e. The first-order chi connectivity index (χ1) is 6.50. The van der Waals surface area contributed by atoms with Crippen LogP contribution in [0.2, 0.25) is 0 Å². The van der Waals surface area contributed by atoms with E-state index in [0.29, 0.717) is 5.65 Å². The van der Waals surface area contributed by atoms with E-state index in [1.54, 1.807) is 17.0 Å². The third kappa shape index (κ3) is 1.21. The lowest BCUT2D eigenvalue weighted by atomic mass is 10.1. The normalized spacial score (nSPS) is 12.2. The highest BCUT2D eigenvalue weighted by atomic mass is 16.1. The van der Waals surface area contributed by atoms with Crippen molar-refractivity contribution in [2.45, 2.75) is 26.3 Å². The second-order valence-electron chi connectivity index (χ2n) is 4.19. The topological polar surface area (TPSA) is 52.2 Å². The lowest BCUT2D eigenvalue weighted by Gasteiger charge is -2.18. The van der Waals surface area contributed by atoms with Crippen molar-refractivity contribution in [3.8, 4) is 0 Å². The summed E-state index contributed by atoms with van der Waals surface area (Å²) in [5, 5.41) is 7.59. The quantitative estimate of drug-likeness (QED) is 0.615. The van der Waals surface area contributed by atoms with Gasteiger partial charge in [-0.1, -0.05) is 0 Å². The predicted molar refractivity (Wildman–Crippen MR) is 52.2 cm³/mol. The molecule has 0 saturated carbocycles. The van der Waals surface area contributed by atoms with E-state index >= 15 is 0 Å². The van der Waals surface area contributed by atoms with E-state index in [0.717, 1.165) is 0 Å². The number of hydrogen-bond acceptors (Lipinski definition) is 3. The average Bonchev–Trinajstić information content (AvgIpc) is 2.44. The Bertz CT molecular complexity index is 517. The largest absolute Gasteiger partial charge is 0.334 e. The van der Waals surface area contributed by atoms with Crippen molar-refractivity contribution in [2.24, 2.45) is 0 Å². The minimum atomic E-state index is -0.231. The van der Waals surface area contributed by atoms with Gasteiger partial charge in [0.25, 0.3) is 0 Å². The molecule has 74 valence electrons. The van der Waals surface area contributed by atoms with E-state index in [1.807, 2.05) is 20.8 Å². The second kappa shape index (κ2) is 2.67. The van der Waals surface area contributed by atoms with Gasteiger partial charge in [-0.05, 0) is 20.8 Å². The van der Waals surface area contributed by atoms with Crippen molar-refractivity contribution in [1.82, 2.24) is 19.2 Å². The molecule has 0 fully saturated rings. The highest BCUT2D eigenvalue weighted by molar-refractivity contribution is 5.33. The first-order valence-electron chi connectivity index (χ1n) is 4.42. The average molecular weight is 192 g/mol. The van der Waals surface area contributed by atoms with Crippen molar-refractivity contribution >= 4 is 5.65 Å². The van der Waals surface area contributed by atoms with Crippen LogP contribution in [-0.4, -0.2) is 19.2 Å². The molecular weight excluding hydrogens is 180 g/mol. The lowest BCUT2D eigenvalue weighted by Crippen LogP contribution is -2.32. The van der Waals surface area contributed by atoms with E-state index in [-0.39, 0.29) is 11.2 Å². The van der Waals surface area contributed by atoms with Crippen LogP contribution < -0.4 is 5.69 Å². The molecule has 5 heteroatoms. The molecule has 0 saturated heterocycles. The maximum absolute atomic E-state index is 11.8. The van der Waals surface area contributed by atoms with Gasteiger partial charge in [-0.2, -0.15) is 5.10 Å². The molecule has 0 aliphatic rings. The van der Waals surface area contributed by atoms with Crippen LogP contribution in [0.15, 0.2) is 23.4 Å². The summed E-state index contributed by atoms with van der Waals surface area (Å²) in [6, 6.07) is 0. The third-order valence-corrected chi connectivity index (χ3v) is 2.07. The highest BCUT2D eigenvalue weighted by Gasteiger charge is 2.17. The Balaban J connectivity index is 2.82. The van der Waals surface area contributed by atoms with E-state index in [1.165, 1.54) is 10.6 Å². The molecular formula is C9H12N4O. The van der Waals surface area contributed by atoms with Crippen LogP contribution in [0.25, 0.3) is 5.65 Å². The fourth-order valence-electron chi connectivity index (χ4n) is 1.33. The predicted octanol–water partition coefficient (Wildman–Crippen LogP) is 0.646. The van der Waals surface area contributed by atoms with Gasteiger partial charge in [0.1, 0.15) is 0 Å². The van der Waals surface area contributed by atoms with Crippen LogP contribution in [0.3, 0.4) is 0 Å². The van der Waals surface area contributed by atoms with Gasteiger partial charge in [0, 0.05) is 11.7 Å². The molecule has 2 aromatic rings. The summed E-state index contributed by atoms with van der Waals surface area (Å²) in [5.41, 5.74) is 0.264.